The van der Waals surface area contributed by atoms with E-state index in [-0.39, 0.29) is 10.6 Å². The van der Waals surface area contributed by atoms with Crippen molar-refractivity contribution >= 4 is 33.0 Å². The Labute approximate surface area is 116 Å². The van der Waals surface area contributed by atoms with E-state index in [4.69, 9.17) is 17.3 Å². The first-order valence-corrected chi connectivity index (χ1v) is 7.23. The number of hydrogen-bond acceptors (Lipinski definition) is 4. The Bertz CT molecular complexity index is 724. The zero-order valence-electron chi connectivity index (χ0n) is 10.4. The van der Waals surface area contributed by atoms with Crippen LogP contribution < -0.4 is 10.5 Å². The fourth-order valence-corrected chi connectivity index (χ4v) is 3.15. The first-order valence-electron chi connectivity index (χ1n) is 5.36. The fourth-order valence-electron chi connectivity index (χ4n) is 1.64. The van der Waals surface area contributed by atoms with Crippen LogP contribution in [0.25, 0.3) is 0 Å². The Morgan fingerprint density at radius 1 is 1.42 bits per heavy atom. The van der Waals surface area contributed by atoms with Crippen molar-refractivity contribution in [3.63, 3.8) is 0 Å². The van der Waals surface area contributed by atoms with Gasteiger partial charge in [-0.3, -0.25) is 9.40 Å². The molecule has 0 aliphatic heterocycles. The molecule has 19 heavy (non-hydrogen) atoms. The van der Waals surface area contributed by atoms with Crippen molar-refractivity contribution < 1.29 is 8.42 Å². The van der Waals surface area contributed by atoms with Crippen LogP contribution in [0.3, 0.4) is 0 Å². The van der Waals surface area contributed by atoms with Gasteiger partial charge < -0.3 is 5.73 Å². The van der Waals surface area contributed by atoms with Gasteiger partial charge in [-0.1, -0.05) is 11.6 Å². The molecule has 0 unspecified atom stereocenters. The van der Waals surface area contributed by atoms with E-state index >= 15 is 0 Å². The van der Waals surface area contributed by atoms with Crippen LogP contribution in [-0.4, -0.2) is 18.2 Å². The van der Waals surface area contributed by atoms with Crippen LogP contribution >= 0.6 is 11.6 Å². The molecular formula is C11H13ClN4O2S. The Balaban J connectivity index is 2.42. The van der Waals surface area contributed by atoms with Crippen LogP contribution in [-0.2, 0) is 17.1 Å². The summed E-state index contributed by atoms with van der Waals surface area (Å²) in [5.74, 6) is 0. The topological polar surface area (TPSA) is 90.0 Å². The number of nitrogens with zero attached hydrogens (tertiary/aromatic N) is 2. The second-order valence-electron chi connectivity index (χ2n) is 4.15. The number of nitrogens with one attached hydrogen (secondary N) is 1. The predicted molar refractivity (Wildman–Crippen MR) is 74.6 cm³/mol. The Morgan fingerprint density at radius 3 is 2.68 bits per heavy atom. The van der Waals surface area contributed by atoms with E-state index < -0.39 is 10.0 Å². The number of hydrogen-bond donors (Lipinski definition) is 2. The lowest BCUT2D eigenvalue weighted by molar-refractivity contribution is 0.600. The summed E-state index contributed by atoms with van der Waals surface area (Å²) in [4.78, 5) is 0.0956. The SMILES string of the molecule is Cc1cc(Cl)c(N)cc1S(=O)(=O)Nc1cnn(C)c1. The van der Waals surface area contributed by atoms with Crippen molar-refractivity contribution in [1.82, 2.24) is 9.78 Å². The van der Waals surface area contributed by atoms with E-state index in [9.17, 15) is 8.42 Å². The molecule has 0 radical (unpaired) electrons. The first kappa shape index (κ1) is 13.7. The number of rotatable bonds is 3. The minimum atomic E-state index is -3.71. The maximum absolute atomic E-state index is 12.2. The van der Waals surface area contributed by atoms with Crippen molar-refractivity contribution in [2.24, 2.45) is 7.05 Å². The van der Waals surface area contributed by atoms with Crippen molar-refractivity contribution in [1.29, 1.82) is 0 Å². The predicted octanol–water partition coefficient (Wildman–Crippen LogP) is 1.76. The highest BCUT2D eigenvalue weighted by atomic mass is 35.5. The van der Waals surface area contributed by atoms with Crippen LogP contribution in [0.4, 0.5) is 11.4 Å². The summed E-state index contributed by atoms with van der Waals surface area (Å²) >= 11 is 5.85. The van der Waals surface area contributed by atoms with Crippen LogP contribution in [0.1, 0.15) is 5.56 Å². The Hall–Kier alpha value is -1.73. The number of halogens is 1. The third kappa shape index (κ3) is 2.82. The molecule has 0 saturated heterocycles. The Morgan fingerprint density at radius 2 is 2.11 bits per heavy atom. The van der Waals surface area contributed by atoms with Gasteiger partial charge in [0.15, 0.2) is 0 Å². The average molecular weight is 301 g/mol. The largest absolute Gasteiger partial charge is 0.397 e. The summed E-state index contributed by atoms with van der Waals surface area (Å²) < 4.78 is 28.4. The number of benzene rings is 1. The zero-order valence-corrected chi connectivity index (χ0v) is 12.0. The van der Waals surface area contributed by atoms with Crippen LogP contribution in [0, 0.1) is 6.92 Å². The third-order valence-electron chi connectivity index (χ3n) is 2.54. The average Bonchev–Trinajstić information content (AvgIpc) is 2.68. The quantitative estimate of drug-likeness (QED) is 0.845. The molecular weight excluding hydrogens is 288 g/mol. The number of nitrogen functional groups attached to an aromatic ring is 1. The van der Waals surface area contributed by atoms with E-state index in [1.807, 2.05) is 0 Å². The van der Waals surface area contributed by atoms with Crippen molar-refractivity contribution in [3.05, 3.63) is 35.1 Å². The van der Waals surface area contributed by atoms with Crippen molar-refractivity contribution in [2.45, 2.75) is 11.8 Å². The van der Waals surface area contributed by atoms with Crippen LogP contribution in [0.15, 0.2) is 29.4 Å². The van der Waals surface area contributed by atoms with E-state index in [0.29, 0.717) is 16.3 Å². The molecule has 0 fully saturated rings. The highest BCUT2D eigenvalue weighted by Gasteiger charge is 2.19. The third-order valence-corrected chi connectivity index (χ3v) is 4.39. The van der Waals surface area contributed by atoms with Gasteiger partial charge in [0, 0.05) is 13.2 Å². The summed E-state index contributed by atoms with van der Waals surface area (Å²) in [7, 11) is -2.01. The van der Waals surface area contributed by atoms with E-state index in [1.54, 1.807) is 20.2 Å². The van der Waals surface area contributed by atoms with Crippen molar-refractivity contribution in [3.8, 4) is 0 Å². The van der Waals surface area contributed by atoms with Gasteiger partial charge in [-0.05, 0) is 24.6 Å². The molecule has 2 rings (SSSR count). The summed E-state index contributed by atoms with van der Waals surface area (Å²) in [5.41, 5.74) is 6.77. The Kier molecular flexibility index (Phi) is 3.42. The van der Waals surface area contributed by atoms with Gasteiger partial charge in [-0.25, -0.2) is 8.42 Å². The molecule has 6 nitrogen and oxygen atoms in total. The lowest BCUT2D eigenvalue weighted by Crippen LogP contribution is -2.14. The lowest BCUT2D eigenvalue weighted by atomic mass is 10.2. The number of aromatic nitrogens is 2. The van der Waals surface area contributed by atoms with E-state index in [0.717, 1.165) is 0 Å². The second-order valence-corrected chi connectivity index (χ2v) is 6.21. The molecule has 3 N–H and O–H groups in total. The first-order chi connectivity index (χ1) is 8.79. The van der Waals surface area contributed by atoms with Gasteiger partial charge >= 0.3 is 0 Å². The molecule has 1 aromatic carbocycles. The normalized spacial score (nSPS) is 11.5. The molecule has 1 heterocycles. The molecule has 102 valence electrons. The molecule has 0 amide bonds. The summed E-state index contributed by atoms with van der Waals surface area (Å²) in [6.45, 7) is 1.66. The highest BCUT2D eigenvalue weighted by molar-refractivity contribution is 7.92. The maximum Gasteiger partial charge on any atom is 0.262 e. The molecule has 0 spiro atoms. The molecule has 1 aromatic heterocycles. The molecule has 0 aliphatic carbocycles. The number of anilines is 2. The zero-order chi connectivity index (χ0) is 14.2. The minimum Gasteiger partial charge on any atom is -0.397 e. The molecule has 0 bridgehead atoms. The number of nitrogens with two attached hydrogens (primary N) is 1. The summed E-state index contributed by atoms with van der Waals surface area (Å²) in [6, 6.07) is 2.87. The highest BCUT2D eigenvalue weighted by Crippen LogP contribution is 2.27. The smallest absolute Gasteiger partial charge is 0.262 e. The fraction of sp³-hybridized carbons (Fsp3) is 0.182. The van der Waals surface area contributed by atoms with Gasteiger partial charge in [-0.2, -0.15) is 5.10 Å². The molecule has 8 heteroatoms. The summed E-state index contributed by atoms with van der Waals surface area (Å²) in [6.07, 6.45) is 2.98. The number of sulfonamides is 1. The van der Waals surface area contributed by atoms with Crippen molar-refractivity contribution in [2.75, 3.05) is 10.5 Å². The van der Waals surface area contributed by atoms with Crippen LogP contribution in [0.5, 0.6) is 0 Å². The lowest BCUT2D eigenvalue weighted by Gasteiger charge is -2.10. The molecule has 2 aromatic rings. The molecule has 0 saturated carbocycles. The van der Waals surface area contributed by atoms with E-state index in [1.165, 1.54) is 23.0 Å². The maximum atomic E-state index is 12.2. The van der Waals surface area contributed by atoms with Gasteiger partial charge in [-0.15, -0.1) is 0 Å². The number of aryl methyl sites for hydroxylation is 2. The summed E-state index contributed by atoms with van der Waals surface area (Å²) in [5, 5.41) is 4.22. The van der Waals surface area contributed by atoms with Gasteiger partial charge in [0.05, 0.1) is 27.5 Å². The van der Waals surface area contributed by atoms with E-state index in [2.05, 4.69) is 9.82 Å². The minimum absolute atomic E-state index is 0.0956. The van der Waals surface area contributed by atoms with Gasteiger partial charge in [0.25, 0.3) is 10.0 Å². The standard InChI is InChI=1S/C11H13ClN4O2S/c1-7-3-9(12)10(13)4-11(7)19(17,18)15-8-5-14-16(2)6-8/h3-6,15H,13H2,1-2H3. The van der Waals surface area contributed by atoms with Gasteiger partial charge in [0.1, 0.15) is 0 Å². The monoisotopic (exact) mass is 300 g/mol. The second kappa shape index (κ2) is 4.75. The van der Waals surface area contributed by atoms with Crippen LogP contribution in [0.2, 0.25) is 5.02 Å². The molecule has 0 aliphatic rings. The molecule has 0 atom stereocenters. The van der Waals surface area contributed by atoms with Gasteiger partial charge in [0.2, 0.25) is 0 Å².